The SMILES string of the molecule is CC/C=C/C=C/C=C/C=C/CCCCCCCC(=O)O[C@H](COC(=O)CCCCCCC/C=C/CCCCC)COP(=O)(O)OCCN. The van der Waals surface area contributed by atoms with Gasteiger partial charge in [-0.1, -0.05) is 126 Å². The fourth-order valence-electron chi connectivity index (χ4n) is 4.52. The highest BCUT2D eigenvalue weighted by Gasteiger charge is 2.25. The minimum atomic E-state index is -4.38. The van der Waals surface area contributed by atoms with E-state index in [0.717, 1.165) is 77.0 Å². The number of phosphoric acid groups is 1. The summed E-state index contributed by atoms with van der Waals surface area (Å²) in [6.45, 7) is 3.49. The van der Waals surface area contributed by atoms with Gasteiger partial charge in [-0.05, 0) is 57.8 Å². The first kappa shape index (κ1) is 45.7. The number of hydrogen-bond donors (Lipinski definition) is 2. The third kappa shape index (κ3) is 33.6. The van der Waals surface area contributed by atoms with Crippen LogP contribution in [-0.4, -0.2) is 49.3 Å². The fourth-order valence-corrected chi connectivity index (χ4v) is 5.28. The molecule has 9 nitrogen and oxygen atoms in total. The molecule has 0 saturated carbocycles. The molecule has 276 valence electrons. The van der Waals surface area contributed by atoms with Crippen molar-refractivity contribution in [3.63, 3.8) is 0 Å². The lowest BCUT2D eigenvalue weighted by atomic mass is 10.1. The van der Waals surface area contributed by atoms with Gasteiger partial charge in [0.1, 0.15) is 6.61 Å². The number of allylic oxidation sites excluding steroid dienone is 10. The lowest BCUT2D eigenvalue weighted by Gasteiger charge is -2.19. The van der Waals surface area contributed by atoms with Crippen molar-refractivity contribution in [3.8, 4) is 0 Å². The molecule has 0 fully saturated rings. The zero-order valence-electron chi connectivity index (χ0n) is 29.9. The molecule has 3 N–H and O–H groups in total. The highest BCUT2D eigenvalue weighted by Crippen LogP contribution is 2.43. The molecular formula is C38H66NO8P. The Morgan fingerprint density at radius 3 is 1.77 bits per heavy atom. The van der Waals surface area contributed by atoms with E-state index in [0.29, 0.717) is 12.8 Å². The van der Waals surface area contributed by atoms with E-state index < -0.39 is 32.5 Å². The normalized spacial score (nSPS) is 14.2. The molecule has 0 aromatic heterocycles. The van der Waals surface area contributed by atoms with Gasteiger partial charge in [0.25, 0.3) is 0 Å². The molecule has 0 rings (SSSR count). The molecule has 0 aromatic carbocycles. The van der Waals surface area contributed by atoms with Crippen molar-refractivity contribution >= 4 is 19.8 Å². The van der Waals surface area contributed by atoms with Crippen molar-refractivity contribution in [2.75, 3.05) is 26.4 Å². The predicted molar refractivity (Wildman–Crippen MR) is 196 cm³/mol. The lowest BCUT2D eigenvalue weighted by molar-refractivity contribution is -0.161. The molecule has 1 unspecified atom stereocenters. The summed E-state index contributed by atoms with van der Waals surface area (Å²) in [5.74, 6) is -0.875. The Morgan fingerprint density at radius 1 is 0.646 bits per heavy atom. The molecule has 10 heteroatoms. The van der Waals surface area contributed by atoms with Gasteiger partial charge in [-0.2, -0.15) is 0 Å². The number of carbonyl (C=O) groups excluding carboxylic acids is 2. The van der Waals surface area contributed by atoms with Gasteiger partial charge in [-0.15, -0.1) is 0 Å². The first-order chi connectivity index (χ1) is 23.3. The van der Waals surface area contributed by atoms with Crippen LogP contribution in [0, 0.1) is 0 Å². The van der Waals surface area contributed by atoms with Crippen molar-refractivity contribution in [1.82, 2.24) is 0 Å². The van der Waals surface area contributed by atoms with E-state index in [-0.39, 0.29) is 32.6 Å². The number of phosphoric ester groups is 1. The monoisotopic (exact) mass is 695 g/mol. The second-order valence-electron chi connectivity index (χ2n) is 11.8. The van der Waals surface area contributed by atoms with Crippen LogP contribution in [0.2, 0.25) is 0 Å². The van der Waals surface area contributed by atoms with Crippen molar-refractivity contribution < 1.29 is 37.6 Å². The Morgan fingerprint density at radius 2 is 1.17 bits per heavy atom. The van der Waals surface area contributed by atoms with E-state index in [2.05, 4.69) is 44.2 Å². The summed E-state index contributed by atoms with van der Waals surface area (Å²) in [6, 6.07) is 0. The first-order valence-electron chi connectivity index (χ1n) is 18.3. The summed E-state index contributed by atoms with van der Waals surface area (Å²) < 4.78 is 32.6. The molecule has 0 aliphatic rings. The van der Waals surface area contributed by atoms with Gasteiger partial charge in [-0.3, -0.25) is 18.6 Å². The van der Waals surface area contributed by atoms with Crippen LogP contribution < -0.4 is 5.73 Å². The van der Waals surface area contributed by atoms with Crippen LogP contribution in [0.25, 0.3) is 0 Å². The quantitative estimate of drug-likeness (QED) is 0.0226. The predicted octanol–water partition coefficient (Wildman–Crippen LogP) is 9.77. The zero-order valence-corrected chi connectivity index (χ0v) is 30.8. The van der Waals surface area contributed by atoms with Crippen LogP contribution in [0.3, 0.4) is 0 Å². The molecular weight excluding hydrogens is 629 g/mol. The summed E-state index contributed by atoms with van der Waals surface area (Å²) in [6.07, 6.45) is 38.2. The Labute approximate surface area is 291 Å². The van der Waals surface area contributed by atoms with Crippen LogP contribution in [0.5, 0.6) is 0 Å². The van der Waals surface area contributed by atoms with Gasteiger partial charge >= 0.3 is 19.8 Å². The summed E-state index contributed by atoms with van der Waals surface area (Å²) in [7, 11) is -4.38. The third-order valence-electron chi connectivity index (χ3n) is 7.23. The number of hydrogen-bond acceptors (Lipinski definition) is 8. The molecule has 0 radical (unpaired) electrons. The van der Waals surface area contributed by atoms with Crippen LogP contribution in [0.15, 0.2) is 60.8 Å². The Bertz CT molecular complexity index is 976. The standard InChI is InChI=1S/C38H66NO8P/c1-3-5-7-9-11-13-15-17-18-19-21-23-25-27-29-31-38(41)47-36(35-46-48(42,43)45-33-32-39)34-44-37(40)30-28-26-24-22-20-16-14-12-10-8-6-4-2/h5,7,9,11-15,17-18,36H,3-4,6,8,10,16,19-35,39H2,1-2H3,(H,42,43)/b7-5+,11-9+,14-12+,15-13+,18-17+/t36-/m1/s1. The van der Waals surface area contributed by atoms with Crippen molar-refractivity contribution in [1.29, 1.82) is 0 Å². The maximum atomic E-state index is 12.5. The van der Waals surface area contributed by atoms with Crippen LogP contribution in [0.4, 0.5) is 0 Å². The summed E-state index contributed by atoms with van der Waals surface area (Å²) in [4.78, 5) is 34.6. The van der Waals surface area contributed by atoms with Gasteiger partial charge < -0.3 is 20.1 Å². The Balaban J connectivity index is 4.32. The second kappa shape index (κ2) is 34.6. The number of ether oxygens (including phenoxy) is 2. The van der Waals surface area contributed by atoms with E-state index in [1.165, 1.54) is 19.3 Å². The molecule has 0 amide bonds. The van der Waals surface area contributed by atoms with E-state index in [9.17, 15) is 19.0 Å². The number of carbonyl (C=O) groups is 2. The summed E-state index contributed by atoms with van der Waals surface area (Å²) >= 11 is 0. The highest BCUT2D eigenvalue weighted by molar-refractivity contribution is 7.47. The molecule has 2 atom stereocenters. The van der Waals surface area contributed by atoms with Crippen LogP contribution >= 0.6 is 7.82 Å². The fraction of sp³-hybridized carbons (Fsp3) is 0.684. The Hall–Kier alpha value is -2.29. The molecule has 0 saturated heterocycles. The summed E-state index contributed by atoms with van der Waals surface area (Å²) in [5, 5.41) is 0. The average molecular weight is 696 g/mol. The maximum absolute atomic E-state index is 12.5. The van der Waals surface area contributed by atoms with E-state index in [1.807, 2.05) is 30.4 Å². The number of nitrogens with two attached hydrogens (primary N) is 1. The second-order valence-corrected chi connectivity index (χ2v) is 13.2. The van der Waals surface area contributed by atoms with Crippen molar-refractivity contribution in [2.24, 2.45) is 5.73 Å². The molecule has 0 aromatic rings. The van der Waals surface area contributed by atoms with Gasteiger partial charge in [0.05, 0.1) is 13.2 Å². The number of rotatable bonds is 33. The van der Waals surface area contributed by atoms with Crippen molar-refractivity contribution in [3.05, 3.63) is 60.8 Å². The minimum absolute atomic E-state index is 0.0450. The van der Waals surface area contributed by atoms with Gasteiger partial charge in [0, 0.05) is 19.4 Å². The lowest BCUT2D eigenvalue weighted by Crippen LogP contribution is -2.29. The minimum Gasteiger partial charge on any atom is -0.462 e. The van der Waals surface area contributed by atoms with E-state index in [1.54, 1.807) is 0 Å². The molecule has 0 aliphatic carbocycles. The first-order valence-corrected chi connectivity index (χ1v) is 19.8. The van der Waals surface area contributed by atoms with Gasteiger partial charge in [0.2, 0.25) is 0 Å². The molecule has 0 aliphatic heterocycles. The van der Waals surface area contributed by atoms with E-state index >= 15 is 0 Å². The van der Waals surface area contributed by atoms with Crippen LogP contribution in [-0.2, 0) is 32.7 Å². The van der Waals surface area contributed by atoms with Gasteiger partial charge in [0.15, 0.2) is 6.10 Å². The topological polar surface area (TPSA) is 134 Å². The average Bonchev–Trinajstić information content (AvgIpc) is 3.07. The van der Waals surface area contributed by atoms with Gasteiger partial charge in [-0.25, -0.2) is 4.57 Å². The highest BCUT2D eigenvalue weighted by atomic mass is 31.2. The smallest absolute Gasteiger partial charge is 0.462 e. The number of esters is 2. The largest absolute Gasteiger partial charge is 0.472 e. The van der Waals surface area contributed by atoms with Crippen molar-refractivity contribution in [2.45, 2.75) is 142 Å². The molecule has 48 heavy (non-hydrogen) atoms. The third-order valence-corrected chi connectivity index (χ3v) is 8.22. The number of unbranched alkanes of at least 4 members (excludes halogenated alkanes) is 13. The maximum Gasteiger partial charge on any atom is 0.472 e. The molecule has 0 heterocycles. The molecule has 0 spiro atoms. The Kier molecular flexibility index (Phi) is 32.9. The zero-order chi connectivity index (χ0) is 35.4. The summed E-state index contributed by atoms with van der Waals surface area (Å²) in [5.41, 5.74) is 5.32. The molecule has 0 bridgehead atoms. The van der Waals surface area contributed by atoms with Crippen LogP contribution in [0.1, 0.15) is 136 Å². The van der Waals surface area contributed by atoms with E-state index in [4.69, 9.17) is 24.3 Å².